The van der Waals surface area contributed by atoms with E-state index in [9.17, 15) is 0 Å². The number of ether oxygens (including phenoxy) is 1. The van der Waals surface area contributed by atoms with Gasteiger partial charge in [-0.2, -0.15) is 5.10 Å². The van der Waals surface area contributed by atoms with E-state index in [0.717, 1.165) is 26.2 Å². The lowest BCUT2D eigenvalue weighted by atomic mass is 10.2. The maximum Gasteiger partial charge on any atom is 0.0917 e. The predicted octanol–water partition coefficient (Wildman–Crippen LogP) is 3.99. The van der Waals surface area contributed by atoms with E-state index in [2.05, 4.69) is 42.2 Å². The van der Waals surface area contributed by atoms with Crippen LogP contribution < -0.4 is 0 Å². The van der Waals surface area contributed by atoms with E-state index in [1.54, 1.807) is 0 Å². The van der Waals surface area contributed by atoms with Gasteiger partial charge in [0.05, 0.1) is 12.3 Å². The molecule has 3 rings (SSSR count). The number of thiophene rings is 1. The Labute approximate surface area is 143 Å². The molecule has 126 valence electrons. The summed E-state index contributed by atoms with van der Waals surface area (Å²) in [5.74, 6) is 0.657. The summed E-state index contributed by atoms with van der Waals surface area (Å²) in [7, 11) is 1.98. The quantitative estimate of drug-likeness (QED) is 0.767. The molecule has 23 heavy (non-hydrogen) atoms. The molecule has 0 saturated carbocycles. The summed E-state index contributed by atoms with van der Waals surface area (Å²) in [5.41, 5.74) is 1.28. The van der Waals surface area contributed by atoms with Crippen molar-refractivity contribution in [2.75, 3.05) is 13.2 Å². The average molecular weight is 334 g/mol. The van der Waals surface area contributed by atoms with Gasteiger partial charge < -0.3 is 4.74 Å². The van der Waals surface area contributed by atoms with Crippen LogP contribution >= 0.6 is 11.3 Å². The van der Waals surface area contributed by atoms with Crippen LogP contribution in [0.2, 0.25) is 0 Å². The first-order valence-electron chi connectivity index (χ1n) is 8.50. The van der Waals surface area contributed by atoms with Crippen LogP contribution in [-0.4, -0.2) is 27.8 Å². The molecule has 0 aromatic carbocycles. The standard InChI is InChI=1S/C18H27N3OS/c1-14(2)10-21(12-15-9-19-20(3)11-15)13-16-6-7-18(23-16)17-5-4-8-22-17/h6-7,9,11,14,17H,4-5,8,10,12-13H2,1-3H3/t17-/m0/s1. The fourth-order valence-electron chi connectivity index (χ4n) is 3.19. The number of aryl methyl sites for hydroxylation is 1. The largest absolute Gasteiger partial charge is 0.373 e. The van der Waals surface area contributed by atoms with Crippen LogP contribution in [0.25, 0.3) is 0 Å². The first kappa shape index (κ1) is 16.7. The van der Waals surface area contributed by atoms with Crippen molar-refractivity contribution in [3.8, 4) is 0 Å². The summed E-state index contributed by atoms with van der Waals surface area (Å²) in [6.45, 7) is 8.54. The minimum absolute atomic E-state index is 0.339. The molecule has 0 amide bonds. The number of nitrogens with zero attached hydrogens (tertiary/aromatic N) is 3. The summed E-state index contributed by atoms with van der Waals surface area (Å²) in [6, 6.07) is 4.53. The molecule has 1 aliphatic heterocycles. The third-order valence-electron chi connectivity index (χ3n) is 4.10. The third-order valence-corrected chi connectivity index (χ3v) is 5.26. The van der Waals surface area contributed by atoms with Crippen LogP contribution in [0, 0.1) is 5.92 Å². The topological polar surface area (TPSA) is 30.3 Å². The van der Waals surface area contributed by atoms with Gasteiger partial charge in [0, 0.05) is 54.8 Å². The molecular weight excluding hydrogens is 306 g/mol. The van der Waals surface area contributed by atoms with Crippen molar-refractivity contribution in [3.63, 3.8) is 0 Å². The Balaban J connectivity index is 1.65. The van der Waals surface area contributed by atoms with Gasteiger partial charge in [0.15, 0.2) is 0 Å². The summed E-state index contributed by atoms with van der Waals surface area (Å²) in [5, 5.41) is 4.29. The molecule has 0 spiro atoms. The molecule has 0 N–H and O–H groups in total. The summed E-state index contributed by atoms with van der Waals surface area (Å²) >= 11 is 1.91. The van der Waals surface area contributed by atoms with Crippen molar-refractivity contribution in [1.29, 1.82) is 0 Å². The van der Waals surface area contributed by atoms with Crippen LogP contribution in [0.3, 0.4) is 0 Å². The first-order valence-corrected chi connectivity index (χ1v) is 9.32. The third kappa shape index (κ3) is 4.66. The smallest absolute Gasteiger partial charge is 0.0917 e. The van der Waals surface area contributed by atoms with E-state index in [1.165, 1.54) is 28.2 Å². The van der Waals surface area contributed by atoms with Crippen LogP contribution in [0.4, 0.5) is 0 Å². The fourth-order valence-corrected chi connectivity index (χ4v) is 4.33. The van der Waals surface area contributed by atoms with Gasteiger partial charge in [-0.25, -0.2) is 0 Å². The molecule has 4 nitrogen and oxygen atoms in total. The monoisotopic (exact) mass is 333 g/mol. The zero-order valence-corrected chi connectivity index (χ0v) is 15.2. The van der Waals surface area contributed by atoms with Crippen molar-refractivity contribution in [3.05, 3.63) is 39.8 Å². The molecule has 0 aliphatic carbocycles. The van der Waals surface area contributed by atoms with Crippen LogP contribution in [-0.2, 0) is 24.9 Å². The van der Waals surface area contributed by atoms with E-state index in [-0.39, 0.29) is 0 Å². The Morgan fingerprint density at radius 3 is 2.91 bits per heavy atom. The zero-order valence-electron chi connectivity index (χ0n) is 14.4. The molecule has 2 aromatic heterocycles. The van der Waals surface area contributed by atoms with Gasteiger partial charge in [-0.05, 0) is 30.9 Å². The maximum absolute atomic E-state index is 5.81. The molecule has 0 unspecified atom stereocenters. The van der Waals surface area contributed by atoms with E-state index in [1.807, 2.05) is 29.3 Å². The summed E-state index contributed by atoms with van der Waals surface area (Å²) in [6.07, 6.45) is 6.79. The Morgan fingerprint density at radius 2 is 2.26 bits per heavy atom. The average Bonchev–Trinajstić information content (AvgIpc) is 3.19. The molecule has 1 saturated heterocycles. The van der Waals surface area contributed by atoms with E-state index >= 15 is 0 Å². The van der Waals surface area contributed by atoms with Crippen molar-refractivity contribution in [2.24, 2.45) is 13.0 Å². The van der Waals surface area contributed by atoms with Crippen LogP contribution in [0.1, 0.15) is 48.1 Å². The molecule has 1 atom stereocenters. The van der Waals surface area contributed by atoms with Gasteiger partial charge in [0.2, 0.25) is 0 Å². The zero-order chi connectivity index (χ0) is 16.2. The highest BCUT2D eigenvalue weighted by Crippen LogP contribution is 2.33. The molecule has 3 heterocycles. The number of hydrogen-bond donors (Lipinski definition) is 0. The number of hydrogen-bond acceptors (Lipinski definition) is 4. The minimum Gasteiger partial charge on any atom is -0.373 e. The van der Waals surface area contributed by atoms with Gasteiger partial charge in [-0.1, -0.05) is 13.8 Å². The van der Waals surface area contributed by atoms with Crippen LogP contribution in [0.15, 0.2) is 24.5 Å². The van der Waals surface area contributed by atoms with Crippen molar-refractivity contribution in [1.82, 2.24) is 14.7 Å². The highest BCUT2D eigenvalue weighted by Gasteiger charge is 2.20. The minimum atomic E-state index is 0.339. The normalized spacial score (nSPS) is 18.4. The Kier molecular flexibility index (Phi) is 5.51. The molecule has 1 aliphatic rings. The summed E-state index contributed by atoms with van der Waals surface area (Å²) in [4.78, 5) is 5.34. The lowest BCUT2D eigenvalue weighted by molar-refractivity contribution is 0.114. The SMILES string of the molecule is CC(C)CN(Cc1cnn(C)c1)Cc1ccc([C@@H]2CCCO2)s1. The molecule has 1 fully saturated rings. The maximum atomic E-state index is 5.81. The van der Waals surface area contributed by atoms with Crippen molar-refractivity contribution >= 4 is 11.3 Å². The molecular formula is C18H27N3OS. The Morgan fingerprint density at radius 1 is 1.39 bits per heavy atom. The number of aromatic nitrogens is 2. The molecule has 5 heteroatoms. The lowest BCUT2D eigenvalue weighted by Gasteiger charge is -2.23. The predicted molar refractivity (Wildman–Crippen MR) is 94.4 cm³/mol. The highest BCUT2D eigenvalue weighted by atomic mass is 32.1. The van der Waals surface area contributed by atoms with Crippen molar-refractivity contribution < 1.29 is 4.74 Å². The first-order chi connectivity index (χ1) is 11.1. The van der Waals surface area contributed by atoms with E-state index in [4.69, 9.17) is 4.74 Å². The van der Waals surface area contributed by atoms with Crippen molar-refractivity contribution in [2.45, 2.75) is 45.9 Å². The second-order valence-corrected chi connectivity index (χ2v) is 8.09. The fraction of sp³-hybridized carbons (Fsp3) is 0.611. The van der Waals surface area contributed by atoms with Gasteiger partial charge in [-0.15, -0.1) is 11.3 Å². The number of rotatable bonds is 7. The van der Waals surface area contributed by atoms with E-state index in [0.29, 0.717) is 12.0 Å². The van der Waals surface area contributed by atoms with Gasteiger partial charge >= 0.3 is 0 Å². The van der Waals surface area contributed by atoms with Gasteiger partial charge in [0.25, 0.3) is 0 Å². The van der Waals surface area contributed by atoms with Gasteiger partial charge in [0.1, 0.15) is 0 Å². The molecule has 0 radical (unpaired) electrons. The van der Waals surface area contributed by atoms with Crippen LogP contribution in [0.5, 0.6) is 0 Å². The highest BCUT2D eigenvalue weighted by molar-refractivity contribution is 7.12. The lowest BCUT2D eigenvalue weighted by Crippen LogP contribution is -2.26. The Hall–Kier alpha value is -1.17. The molecule has 0 bridgehead atoms. The van der Waals surface area contributed by atoms with E-state index < -0.39 is 0 Å². The van der Waals surface area contributed by atoms with Gasteiger partial charge in [-0.3, -0.25) is 9.58 Å². The Bertz CT molecular complexity index is 613. The summed E-state index contributed by atoms with van der Waals surface area (Å²) < 4.78 is 7.68. The second-order valence-electron chi connectivity index (χ2n) is 6.89. The molecule has 2 aromatic rings. The second kappa shape index (κ2) is 7.60.